The van der Waals surface area contributed by atoms with Crippen molar-refractivity contribution in [2.24, 2.45) is 5.73 Å². The van der Waals surface area contributed by atoms with E-state index in [1.165, 1.54) is 60.7 Å². The van der Waals surface area contributed by atoms with Crippen LogP contribution in [0, 0.1) is 0 Å². The number of rotatable bonds is 12. The quantitative estimate of drug-likeness (QED) is 0.157. The largest absolute Gasteiger partial charge is 0.504 e. The lowest BCUT2D eigenvalue weighted by Crippen LogP contribution is -2.36. The molecule has 0 heterocycles. The fourth-order valence-electron chi connectivity index (χ4n) is 3.01. The maximum Gasteiger partial charge on any atom is 0.253 e. The highest BCUT2D eigenvalue weighted by atomic mass is 16.3. The number of nitrogens with zero attached hydrogens (tertiary/aromatic N) is 1. The van der Waals surface area contributed by atoms with Gasteiger partial charge >= 0.3 is 0 Å². The zero-order valence-electron chi connectivity index (χ0n) is 18.9. The molecule has 0 atom stereocenters. The lowest BCUT2D eigenvalue weighted by Gasteiger charge is -2.18. The van der Waals surface area contributed by atoms with Crippen LogP contribution < -0.4 is 11.1 Å². The molecule has 0 radical (unpaired) electrons. The molecule has 2 aromatic carbocycles. The summed E-state index contributed by atoms with van der Waals surface area (Å²) in [6.07, 6.45) is 7.73. The number of hydrogen-bond donors (Lipinski definition) is 6. The van der Waals surface area contributed by atoms with Crippen molar-refractivity contribution in [2.45, 2.75) is 19.3 Å². The first-order valence-electron chi connectivity index (χ1n) is 11.0. The highest BCUT2D eigenvalue weighted by molar-refractivity contribution is 6.07. The van der Waals surface area contributed by atoms with Crippen LogP contribution in [0.5, 0.6) is 23.0 Å². The Morgan fingerprint density at radius 2 is 1.26 bits per heavy atom. The highest BCUT2D eigenvalue weighted by Crippen LogP contribution is 2.26. The molecular weight excluding hydrogens is 438 g/mol. The molecule has 182 valence electrons. The molecule has 0 aromatic heterocycles. The lowest BCUT2D eigenvalue weighted by atomic mass is 10.1. The zero-order valence-corrected chi connectivity index (χ0v) is 18.9. The third-order valence-electron chi connectivity index (χ3n) is 4.91. The number of nitrogens with two attached hydrogens (primary N) is 1. The number of unbranched alkanes of at least 4 members (excludes halogenated alkanes) is 1. The van der Waals surface area contributed by atoms with E-state index >= 15 is 0 Å². The van der Waals surface area contributed by atoms with E-state index in [2.05, 4.69) is 5.32 Å². The number of imide groups is 1. The maximum absolute atomic E-state index is 12.8. The van der Waals surface area contributed by atoms with Gasteiger partial charge in [0.15, 0.2) is 23.0 Å². The number of carbonyl (C=O) groups excluding carboxylic acids is 2. The smallest absolute Gasteiger partial charge is 0.253 e. The van der Waals surface area contributed by atoms with Crippen molar-refractivity contribution in [1.29, 1.82) is 0 Å². The third kappa shape index (κ3) is 8.61. The van der Waals surface area contributed by atoms with E-state index in [0.29, 0.717) is 30.6 Å². The number of phenolic OH excluding ortho intramolecular Hbond substituents is 4. The van der Waals surface area contributed by atoms with Crippen molar-refractivity contribution in [2.75, 3.05) is 26.2 Å². The molecule has 0 fully saturated rings. The Balaban J connectivity index is 2.08. The summed E-state index contributed by atoms with van der Waals surface area (Å²) in [6.45, 7) is 2.23. The Bertz CT molecular complexity index is 962. The summed E-state index contributed by atoms with van der Waals surface area (Å²) in [7, 11) is 0. The number of aromatic hydroxyl groups is 4. The van der Waals surface area contributed by atoms with Crippen LogP contribution in [0.2, 0.25) is 0 Å². The lowest BCUT2D eigenvalue weighted by molar-refractivity contribution is -0.138. The van der Waals surface area contributed by atoms with Gasteiger partial charge in [-0.1, -0.05) is 12.1 Å². The number of phenols is 4. The predicted molar refractivity (Wildman–Crippen MR) is 130 cm³/mol. The van der Waals surface area contributed by atoms with E-state index in [9.17, 15) is 30.0 Å². The normalized spacial score (nSPS) is 11.3. The Morgan fingerprint density at radius 1 is 0.765 bits per heavy atom. The van der Waals surface area contributed by atoms with Crippen molar-refractivity contribution < 1.29 is 30.0 Å². The topological polar surface area (TPSA) is 156 Å². The molecule has 0 unspecified atom stereocenters. The second kappa shape index (κ2) is 13.7. The van der Waals surface area contributed by atoms with Crippen molar-refractivity contribution >= 4 is 24.0 Å². The second-order valence-corrected chi connectivity index (χ2v) is 7.59. The molecule has 0 aliphatic rings. The van der Waals surface area contributed by atoms with Crippen LogP contribution in [-0.4, -0.2) is 63.3 Å². The van der Waals surface area contributed by atoms with Crippen molar-refractivity contribution in [1.82, 2.24) is 10.2 Å². The summed E-state index contributed by atoms with van der Waals surface area (Å²) in [4.78, 5) is 26.7. The molecule has 0 spiro atoms. The molecule has 9 nitrogen and oxygen atoms in total. The minimum absolute atomic E-state index is 0.178. The third-order valence-corrected chi connectivity index (χ3v) is 4.91. The van der Waals surface area contributed by atoms with Gasteiger partial charge in [0.25, 0.3) is 11.8 Å². The van der Waals surface area contributed by atoms with E-state index in [4.69, 9.17) is 5.73 Å². The maximum atomic E-state index is 12.8. The first-order chi connectivity index (χ1) is 16.3. The summed E-state index contributed by atoms with van der Waals surface area (Å²) in [6, 6.07) is 8.24. The van der Waals surface area contributed by atoms with E-state index in [1.807, 2.05) is 0 Å². The molecule has 0 aliphatic carbocycles. The molecule has 0 bridgehead atoms. The van der Waals surface area contributed by atoms with E-state index in [-0.39, 0.29) is 29.5 Å². The molecule has 0 saturated carbocycles. The van der Waals surface area contributed by atoms with E-state index in [1.54, 1.807) is 0 Å². The number of nitrogens with one attached hydrogen (secondary N) is 1. The van der Waals surface area contributed by atoms with Gasteiger partial charge in [-0.2, -0.15) is 0 Å². The predicted octanol–water partition coefficient (Wildman–Crippen LogP) is 2.31. The van der Waals surface area contributed by atoms with E-state index in [0.717, 1.165) is 24.3 Å². The van der Waals surface area contributed by atoms with Gasteiger partial charge in [-0.15, -0.1) is 0 Å². The van der Waals surface area contributed by atoms with Crippen LogP contribution in [0.15, 0.2) is 48.6 Å². The Hall–Kier alpha value is -3.82. The van der Waals surface area contributed by atoms with Crippen LogP contribution in [0.25, 0.3) is 12.2 Å². The molecule has 7 N–H and O–H groups in total. The minimum atomic E-state index is -0.543. The molecule has 34 heavy (non-hydrogen) atoms. The summed E-state index contributed by atoms with van der Waals surface area (Å²) < 4.78 is 0. The first-order valence-corrected chi connectivity index (χ1v) is 11.0. The van der Waals surface area contributed by atoms with Crippen molar-refractivity contribution in [3.63, 3.8) is 0 Å². The standard InChI is InChI=1S/C25H31N3O6/c26-12-1-2-13-27-14-3-15-28(24(33)10-6-18-4-8-20(29)22(31)16-18)25(34)11-7-19-5-9-21(30)23(32)17-19/h4-11,16-17,27,29-32H,1-3,12-15,26H2. The monoisotopic (exact) mass is 469 g/mol. The summed E-state index contributed by atoms with van der Waals surface area (Å²) in [5.41, 5.74) is 6.43. The molecular formula is C25H31N3O6. The van der Waals surface area contributed by atoms with Crippen molar-refractivity contribution in [3.05, 3.63) is 59.7 Å². The molecule has 2 rings (SSSR count). The molecule has 9 heteroatoms. The number of carbonyl (C=O) groups is 2. The highest BCUT2D eigenvalue weighted by Gasteiger charge is 2.17. The minimum Gasteiger partial charge on any atom is -0.504 e. The molecule has 0 saturated heterocycles. The van der Waals surface area contributed by atoms with Crippen LogP contribution >= 0.6 is 0 Å². The van der Waals surface area contributed by atoms with Gasteiger partial charge in [-0.25, -0.2) is 0 Å². The van der Waals surface area contributed by atoms with Gasteiger partial charge in [0.2, 0.25) is 0 Å². The average Bonchev–Trinajstić information content (AvgIpc) is 2.82. The van der Waals surface area contributed by atoms with Crippen LogP contribution in [0.4, 0.5) is 0 Å². The van der Waals surface area contributed by atoms with Gasteiger partial charge in [-0.3, -0.25) is 14.5 Å². The number of hydrogen-bond acceptors (Lipinski definition) is 8. The van der Waals surface area contributed by atoms with Gasteiger partial charge in [0.05, 0.1) is 0 Å². The van der Waals surface area contributed by atoms with Gasteiger partial charge < -0.3 is 31.5 Å². The van der Waals surface area contributed by atoms with Crippen LogP contribution in [0.1, 0.15) is 30.4 Å². The van der Waals surface area contributed by atoms with Crippen LogP contribution in [0.3, 0.4) is 0 Å². The van der Waals surface area contributed by atoms with Crippen molar-refractivity contribution in [3.8, 4) is 23.0 Å². The van der Waals surface area contributed by atoms with Gasteiger partial charge in [-0.05, 0) is 86.4 Å². The SMILES string of the molecule is NCCCCNCCCN(C(=O)C=Cc1ccc(O)c(O)c1)C(=O)C=Cc1ccc(O)c(O)c1. The summed E-state index contributed by atoms with van der Waals surface area (Å²) in [5.74, 6) is -2.27. The second-order valence-electron chi connectivity index (χ2n) is 7.59. The summed E-state index contributed by atoms with van der Waals surface area (Å²) in [5, 5.41) is 41.3. The summed E-state index contributed by atoms with van der Waals surface area (Å²) >= 11 is 0. The number of benzene rings is 2. The Kier molecular flexibility index (Phi) is 10.6. The molecule has 2 amide bonds. The number of amides is 2. The Labute approximate surface area is 198 Å². The zero-order chi connectivity index (χ0) is 24.9. The fraction of sp³-hybridized carbons (Fsp3) is 0.280. The Morgan fingerprint density at radius 3 is 1.74 bits per heavy atom. The van der Waals surface area contributed by atoms with Gasteiger partial charge in [0, 0.05) is 18.7 Å². The van der Waals surface area contributed by atoms with Gasteiger partial charge in [0.1, 0.15) is 0 Å². The first kappa shape index (κ1) is 26.4. The van der Waals surface area contributed by atoms with E-state index < -0.39 is 11.8 Å². The van der Waals surface area contributed by atoms with Crippen LogP contribution in [-0.2, 0) is 9.59 Å². The molecule has 2 aromatic rings. The average molecular weight is 470 g/mol. The fourth-order valence-corrected chi connectivity index (χ4v) is 3.01. The molecule has 0 aliphatic heterocycles.